The number of hydrogen-bond donors (Lipinski definition) is 2. The van der Waals surface area contributed by atoms with Gasteiger partial charge < -0.3 is 15.4 Å². The Kier molecular flexibility index (Phi) is 7.85. The molecular formula is C25H30N4O2S. The molecule has 4 rings (SSSR count). The summed E-state index contributed by atoms with van der Waals surface area (Å²) in [5, 5.41) is 6.43. The number of fused-ring (bicyclic) bond motifs is 1. The van der Waals surface area contributed by atoms with Crippen LogP contribution in [0.25, 0.3) is 0 Å². The second-order valence-corrected chi connectivity index (χ2v) is 9.12. The third-order valence-corrected chi connectivity index (χ3v) is 6.50. The molecule has 0 fully saturated rings. The van der Waals surface area contributed by atoms with Gasteiger partial charge in [0.25, 0.3) is 0 Å². The fraction of sp³-hybridized carbons (Fsp3) is 0.360. The first-order valence-electron chi connectivity index (χ1n) is 11.1. The van der Waals surface area contributed by atoms with E-state index in [2.05, 4.69) is 58.9 Å². The van der Waals surface area contributed by atoms with Gasteiger partial charge in [0.15, 0.2) is 5.50 Å². The summed E-state index contributed by atoms with van der Waals surface area (Å²) in [7, 11) is 0. The molecule has 7 heteroatoms. The molecule has 0 saturated carbocycles. The first kappa shape index (κ1) is 22.4. The minimum absolute atomic E-state index is 0.131. The lowest BCUT2D eigenvalue weighted by molar-refractivity contribution is 0.117. The van der Waals surface area contributed by atoms with E-state index < -0.39 is 0 Å². The summed E-state index contributed by atoms with van der Waals surface area (Å²) in [6.45, 7) is 3.50. The standard InChI is InChI=1S/C25H30N4O2S/c1-19-11-13-21(14-12-19)17-32-24-27-23-22(26-18-29(23)25(30)28-24)10-6-3-7-15-31-16-20-8-4-2-5-9-20/h2,4-5,8-9,11-14,18,24,27H,3,6-7,10,15-17H2,1H3,(H,28,30). The van der Waals surface area contributed by atoms with Crippen molar-refractivity contribution in [3.63, 3.8) is 0 Å². The first-order valence-corrected chi connectivity index (χ1v) is 12.2. The van der Waals surface area contributed by atoms with Crippen LogP contribution < -0.4 is 10.6 Å². The predicted molar refractivity (Wildman–Crippen MR) is 130 cm³/mol. The van der Waals surface area contributed by atoms with Gasteiger partial charge >= 0.3 is 6.03 Å². The van der Waals surface area contributed by atoms with Crippen molar-refractivity contribution in [2.75, 3.05) is 11.9 Å². The molecule has 0 bridgehead atoms. The van der Waals surface area contributed by atoms with Gasteiger partial charge in [-0.15, -0.1) is 11.8 Å². The highest BCUT2D eigenvalue weighted by Gasteiger charge is 2.26. The van der Waals surface area contributed by atoms with Crippen molar-refractivity contribution < 1.29 is 9.53 Å². The van der Waals surface area contributed by atoms with Crippen LogP contribution in [0.1, 0.15) is 41.6 Å². The van der Waals surface area contributed by atoms with E-state index in [0.717, 1.165) is 49.6 Å². The maximum Gasteiger partial charge on any atom is 0.330 e. The molecule has 2 aromatic carbocycles. The Morgan fingerprint density at radius 1 is 1.00 bits per heavy atom. The Hall–Kier alpha value is -2.77. The lowest BCUT2D eigenvalue weighted by atomic mass is 10.1. The van der Waals surface area contributed by atoms with Gasteiger partial charge in [-0.3, -0.25) is 0 Å². The van der Waals surface area contributed by atoms with Crippen LogP contribution in [-0.2, 0) is 23.5 Å². The molecule has 3 aromatic rings. The van der Waals surface area contributed by atoms with E-state index in [1.165, 1.54) is 16.7 Å². The number of nitrogens with one attached hydrogen (secondary N) is 2. The number of unbranched alkanes of at least 4 members (excludes halogenated alkanes) is 2. The summed E-state index contributed by atoms with van der Waals surface area (Å²) in [5.41, 5.74) is 4.48. The third-order valence-electron chi connectivity index (χ3n) is 5.44. The number of aryl methyl sites for hydroxylation is 2. The number of amides is 1. The maximum atomic E-state index is 12.5. The highest BCUT2D eigenvalue weighted by atomic mass is 32.2. The molecule has 0 spiro atoms. The minimum atomic E-state index is -0.168. The van der Waals surface area contributed by atoms with E-state index in [-0.39, 0.29) is 11.5 Å². The fourth-order valence-electron chi connectivity index (χ4n) is 3.60. The zero-order chi connectivity index (χ0) is 22.2. The van der Waals surface area contributed by atoms with Gasteiger partial charge in [-0.2, -0.15) is 0 Å². The molecule has 6 nitrogen and oxygen atoms in total. The van der Waals surface area contributed by atoms with Crippen LogP contribution in [0.2, 0.25) is 0 Å². The molecule has 168 valence electrons. The quantitative estimate of drug-likeness (QED) is 0.387. The summed E-state index contributed by atoms with van der Waals surface area (Å²) < 4.78 is 7.33. The fourth-order valence-corrected chi connectivity index (χ4v) is 4.53. The largest absolute Gasteiger partial charge is 0.377 e. The van der Waals surface area contributed by atoms with E-state index in [9.17, 15) is 4.79 Å². The van der Waals surface area contributed by atoms with Crippen molar-refractivity contribution in [1.82, 2.24) is 14.9 Å². The summed E-state index contributed by atoms with van der Waals surface area (Å²) in [6.07, 6.45) is 5.56. The zero-order valence-corrected chi connectivity index (χ0v) is 19.2. The number of carbonyl (C=O) groups excluding carboxylic acids is 1. The van der Waals surface area contributed by atoms with E-state index in [1.54, 1.807) is 22.7 Å². The second-order valence-electron chi connectivity index (χ2n) is 8.03. The SMILES string of the molecule is Cc1ccc(CSC2NC(=O)n3cnc(CCCCCOCc4ccccc4)c3N2)cc1. The molecule has 32 heavy (non-hydrogen) atoms. The van der Waals surface area contributed by atoms with E-state index >= 15 is 0 Å². The van der Waals surface area contributed by atoms with Gasteiger partial charge in [0.05, 0.1) is 12.3 Å². The molecule has 2 N–H and O–H groups in total. The highest BCUT2D eigenvalue weighted by Crippen LogP contribution is 2.26. The maximum absolute atomic E-state index is 12.5. The summed E-state index contributed by atoms with van der Waals surface area (Å²) >= 11 is 1.67. The Labute approximate surface area is 193 Å². The Morgan fingerprint density at radius 3 is 2.62 bits per heavy atom. The van der Waals surface area contributed by atoms with E-state index in [1.807, 2.05) is 18.2 Å². The molecule has 1 aliphatic rings. The topological polar surface area (TPSA) is 68.2 Å². The number of rotatable bonds is 11. The summed E-state index contributed by atoms with van der Waals surface area (Å²) in [5.74, 6) is 1.64. The number of benzene rings is 2. The van der Waals surface area contributed by atoms with Crippen molar-refractivity contribution in [1.29, 1.82) is 0 Å². The summed E-state index contributed by atoms with van der Waals surface area (Å²) in [4.78, 5) is 17.0. The number of carbonyl (C=O) groups is 1. The van der Waals surface area contributed by atoms with Crippen molar-refractivity contribution >= 4 is 23.6 Å². The number of hydrogen-bond acceptors (Lipinski definition) is 5. The Balaban J connectivity index is 1.20. The molecular weight excluding hydrogens is 420 g/mol. The average molecular weight is 451 g/mol. The Morgan fingerprint density at radius 2 is 1.81 bits per heavy atom. The monoisotopic (exact) mass is 450 g/mol. The van der Waals surface area contributed by atoms with E-state index in [0.29, 0.717) is 6.61 Å². The van der Waals surface area contributed by atoms with E-state index in [4.69, 9.17) is 4.74 Å². The number of aromatic nitrogens is 2. The number of thioether (sulfide) groups is 1. The smallest absolute Gasteiger partial charge is 0.330 e. The molecule has 2 heterocycles. The molecule has 1 aliphatic heterocycles. The lowest BCUT2D eigenvalue weighted by Gasteiger charge is -2.27. The van der Waals surface area contributed by atoms with Crippen molar-refractivity contribution in [3.8, 4) is 0 Å². The van der Waals surface area contributed by atoms with Gasteiger partial charge in [0.2, 0.25) is 0 Å². The number of anilines is 1. The van der Waals surface area contributed by atoms with Crippen LogP contribution in [0.3, 0.4) is 0 Å². The van der Waals surface area contributed by atoms with Crippen molar-refractivity contribution in [2.24, 2.45) is 0 Å². The zero-order valence-electron chi connectivity index (χ0n) is 18.4. The first-order chi connectivity index (χ1) is 15.7. The van der Waals surface area contributed by atoms with Gasteiger partial charge in [-0.05, 0) is 37.3 Å². The number of imidazole rings is 1. The van der Waals surface area contributed by atoms with Crippen LogP contribution in [0, 0.1) is 6.92 Å². The lowest BCUT2D eigenvalue weighted by Crippen LogP contribution is -2.46. The third kappa shape index (κ3) is 6.14. The van der Waals surface area contributed by atoms with Crippen LogP contribution in [0.15, 0.2) is 60.9 Å². The second kappa shape index (κ2) is 11.2. The van der Waals surface area contributed by atoms with Crippen LogP contribution >= 0.6 is 11.8 Å². The normalized spacial score (nSPS) is 15.2. The Bertz CT molecular complexity index is 1000. The predicted octanol–water partition coefficient (Wildman–Crippen LogP) is 5.32. The minimum Gasteiger partial charge on any atom is -0.377 e. The summed E-state index contributed by atoms with van der Waals surface area (Å²) in [6, 6.07) is 18.6. The van der Waals surface area contributed by atoms with Crippen LogP contribution in [-0.4, -0.2) is 27.7 Å². The van der Waals surface area contributed by atoms with Gasteiger partial charge in [-0.25, -0.2) is 14.3 Å². The number of nitrogens with zero attached hydrogens (tertiary/aromatic N) is 2. The van der Waals surface area contributed by atoms with Crippen LogP contribution in [0.5, 0.6) is 0 Å². The molecule has 0 radical (unpaired) electrons. The van der Waals surface area contributed by atoms with Crippen molar-refractivity contribution in [3.05, 3.63) is 83.3 Å². The molecule has 1 unspecified atom stereocenters. The van der Waals surface area contributed by atoms with Crippen LogP contribution in [0.4, 0.5) is 10.6 Å². The van der Waals surface area contributed by atoms with Gasteiger partial charge in [0, 0.05) is 12.4 Å². The van der Waals surface area contributed by atoms with Crippen molar-refractivity contribution in [2.45, 2.75) is 50.5 Å². The molecule has 1 aromatic heterocycles. The molecule has 1 atom stereocenters. The van der Waals surface area contributed by atoms with Gasteiger partial charge in [-0.1, -0.05) is 66.6 Å². The van der Waals surface area contributed by atoms with Gasteiger partial charge in [0.1, 0.15) is 12.1 Å². The average Bonchev–Trinajstić information content (AvgIpc) is 3.22. The number of ether oxygens (including phenoxy) is 1. The highest BCUT2D eigenvalue weighted by molar-refractivity contribution is 7.99. The molecule has 0 saturated heterocycles. The molecule has 1 amide bonds. The molecule has 0 aliphatic carbocycles.